The van der Waals surface area contributed by atoms with Crippen LogP contribution in [0.1, 0.15) is 21.3 Å². The molecule has 1 aromatic carbocycles. The lowest BCUT2D eigenvalue weighted by molar-refractivity contribution is 0.0685. The molecule has 0 radical (unpaired) electrons. The zero-order valence-electron chi connectivity index (χ0n) is 11.4. The zero-order chi connectivity index (χ0) is 14.5. The minimum atomic E-state index is -0.713. The molecule has 1 atom stereocenters. The quantitative estimate of drug-likeness (QED) is 0.921. The number of nitrogens with zero attached hydrogens (tertiary/aromatic N) is 1. The van der Waals surface area contributed by atoms with Crippen LogP contribution in [0.3, 0.4) is 0 Å². The smallest absolute Gasteiger partial charge is 0.263 e. The van der Waals surface area contributed by atoms with Gasteiger partial charge in [-0.15, -0.1) is 11.3 Å². The molecule has 0 aliphatic heterocycles. The molecule has 0 aliphatic carbocycles. The van der Waals surface area contributed by atoms with E-state index in [1.807, 2.05) is 11.4 Å². The highest BCUT2D eigenvalue weighted by molar-refractivity contribution is 7.12. The van der Waals surface area contributed by atoms with E-state index in [0.29, 0.717) is 4.88 Å². The van der Waals surface area contributed by atoms with Gasteiger partial charge in [0.15, 0.2) is 0 Å². The van der Waals surface area contributed by atoms with Crippen molar-refractivity contribution in [1.82, 2.24) is 4.90 Å². The lowest BCUT2D eigenvalue weighted by atomic mass is 10.1. The molecule has 4 nitrogen and oxygen atoms in total. The van der Waals surface area contributed by atoms with Crippen molar-refractivity contribution >= 4 is 17.2 Å². The first-order valence-corrected chi connectivity index (χ1v) is 7.10. The molecule has 0 fully saturated rings. The number of benzene rings is 1. The van der Waals surface area contributed by atoms with Gasteiger partial charge < -0.3 is 14.7 Å². The summed E-state index contributed by atoms with van der Waals surface area (Å²) in [4.78, 5) is 14.3. The first-order chi connectivity index (χ1) is 9.61. The minimum absolute atomic E-state index is 0.0763. The number of aliphatic hydroxyl groups is 1. The number of thiophene rings is 1. The van der Waals surface area contributed by atoms with Gasteiger partial charge in [0.1, 0.15) is 5.75 Å². The fraction of sp³-hybridized carbons (Fsp3) is 0.267. The molecular weight excluding hydrogens is 274 g/mol. The van der Waals surface area contributed by atoms with Gasteiger partial charge in [-0.2, -0.15) is 0 Å². The topological polar surface area (TPSA) is 49.8 Å². The summed E-state index contributed by atoms with van der Waals surface area (Å²) in [6.07, 6.45) is -0.713. The van der Waals surface area contributed by atoms with Crippen molar-refractivity contribution in [3.63, 3.8) is 0 Å². The van der Waals surface area contributed by atoms with E-state index in [9.17, 15) is 9.90 Å². The summed E-state index contributed by atoms with van der Waals surface area (Å²) in [6.45, 7) is 0.253. The van der Waals surface area contributed by atoms with Gasteiger partial charge in [-0.05, 0) is 29.1 Å². The highest BCUT2D eigenvalue weighted by atomic mass is 32.1. The van der Waals surface area contributed by atoms with E-state index in [4.69, 9.17) is 4.74 Å². The molecule has 20 heavy (non-hydrogen) atoms. The summed E-state index contributed by atoms with van der Waals surface area (Å²) < 4.78 is 5.07. The summed E-state index contributed by atoms with van der Waals surface area (Å²) in [5, 5.41) is 12.0. The van der Waals surface area contributed by atoms with E-state index in [2.05, 4.69) is 0 Å². The number of aliphatic hydroxyl groups excluding tert-OH is 1. The third kappa shape index (κ3) is 3.37. The first-order valence-electron chi connectivity index (χ1n) is 6.23. The number of hydrogen-bond acceptors (Lipinski definition) is 4. The fourth-order valence-electron chi connectivity index (χ4n) is 1.86. The number of carbonyl (C=O) groups is 1. The third-order valence-electron chi connectivity index (χ3n) is 3.03. The second-order valence-electron chi connectivity index (χ2n) is 4.45. The Morgan fingerprint density at radius 3 is 2.60 bits per heavy atom. The maximum absolute atomic E-state index is 12.1. The first kappa shape index (κ1) is 14.6. The summed E-state index contributed by atoms with van der Waals surface area (Å²) in [7, 11) is 3.29. The molecule has 0 aliphatic rings. The number of carbonyl (C=O) groups excluding carboxylic acids is 1. The maximum Gasteiger partial charge on any atom is 0.263 e. The van der Waals surface area contributed by atoms with Gasteiger partial charge in [0, 0.05) is 7.05 Å². The van der Waals surface area contributed by atoms with Crippen LogP contribution in [0.2, 0.25) is 0 Å². The molecule has 0 bridgehead atoms. The summed E-state index contributed by atoms with van der Waals surface area (Å²) >= 11 is 1.40. The number of amides is 1. The Morgan fingerprint density at radius 2 is 2.05 bits per heavy atom. The molecule has 1 N–H and O–H groups in total. The van der Waals surface area contributed by atoms with Crippen LogP contribution in [0.15, 0.2) is 41.8 Å². The summed E-state index contributed by atoms with van der Waals surface area (Å²) in [5.74, 6) is 0.663. The van der Waals surface area contributed by atoms with Crippen molar-refractivity contribution in [2.75, 3.05) is 20.7 Å². The molecule has 1 aromatic heterocycles. The average Bonchev–Trinajstić information content (AvgIpc) is 3.00. The predicted octanol–water partition coefficient (Wildman–Crippen LogP) is 2.56. The second-order valence-corrected chi connectivity index (χ2v) is 5.40. The lowest BCUT2D eigenvalue weighted by Gasteiger charge is -2.20. The average molecular weight is 291 g/mol. The van der Waals surface area contributed by atoms with E-state index >= 15 is 0 Å². The monoisotopic (exact) mass is 291 g/mol. The van der Waals surface area contributed by atoms with E-state index in [-0.39, 0.29) is 12.5 Å². The van der Waals surface area contributed by atoms with Gasteiger partial charge in [-0.1, -0.05) is 18.2 Å². The Labute approximate surface area is 122 Å². The normalized spacial score (nSPS) is 11.9. The molecule has 2 aromatic rings. The van der Waals surface area contributed by atoms with Gasteiger partial charge in [-0.25, -0.2) is 0 Å². The minimum Gasteiger partial charge on any atom is -0.497 e. The number of likely N-dealkylation sites (N-methyl/N-ethyl adjacent to an activating group) is 1. The van der Waals surface area contributed by atoms with E-state index < -0.39 is 6.10 Å². The standard InChI is InChI=1S/C15H17NO3S/c1-16(15(18)14-4-3-9-20-14)10-13(17)11-5-7-12(19-2)8-6-11/h3-9,13,17H,10H2,1-2H3. The van der Waals surface area contributed by atoms with Gasteiger partial charge in [0.25, 0.3) is 5.91 Å². The van der Waals surface area contributed by atoms with E-state index in [1.165, 1.54) is 16.2 Å². The lowest BCUT2D eigenvalue weighted by Crippen LogP contribution is -2.30. The molecule has 1 heterocycles. The highest BCUT2D eigenvalue weighted by Crippen LogP contribution is 2.19. The van der Waals surface area contributed by atoms with Crippen LogP contribution in [-0.2, 0) is 0 Å². The van der Waals surface area contributed by atoms with Gasteiger partial charge in [0.2, 0.25) is 0 Å². The second kappa shape index (κ2) is 6.54. The number of ether oxygens (including phenoxy) is 1. The SMILES string of the molecule is COc1ccc(C(O)CN(C)C(=O)c2cccs2)cc1. The van der Waals surface area contributed by atoms with Crippen molar-refractivity contribution in [2.24, 2.45) is 0 Å². The third-order valence-corrected chi connectivity index (χ3v) is 3.88. The van der Waals surface area contributed by atoms with Crippen LogP contribution < -0.4 is 4.74 Å². The Hall–Kier alpha value is -1.85. The van der Waals surface area contributed by atoms with Crippen molar-refractivity contribution in [1.29, 1.82) is 0 Å². The summed E-state index contributed by atoms with van der Waals surface area (Å²) in [5.41, 5.74) is 0.761. The van der Waals surface area contributed by atoms with Crippen LogP contribution >= 0.6 is 11.3 Å². The van der Waals surface area contributed by atoms with Gasteiger partial charge >= 0.3 is 0 Å². The molecule has 2 rings (SSSR count). The van der Waals surface area contributed by atoms with Crippen LogP contribution in [0.25, 0.3) is 0 Å². The van der Waals surface area contributed by atoms with E-state index in [0.717, 1.165) is 11.3 Å². The predicted molar refractivity (Wildman–Crippen MR) is 79.2 cm³/mol. The number of hydrogen-bond donors (Lipinski definition) is 1. The highest BCUT2D eigenvalue weighted by Gasteiger charge is 2.17. The van der Waals surface area contributed by atoms with Crippen molar-refractivity contribution in [3.8, 4) is 5.75 Å². The fourth-order valence-corrected chi connectivity index (χ4v) is 2.58. The molecule has 0 saturated heterocycles. The summed E-state index contributed by atoms with van der Waals surface area (Å²) in [6, 6.07) is 10.8. The number of rotatable bonds is 5. The largest absolute Gasteiger partial charge is 0.497 e. The Morgan fingerprint density at radius 1 is 1.35 bits per heavy atom. The van der Waals surface area contributed by atoms with Crippen molar-refractivity contribution in [3.05, 3.63) is 52.2 Å². The Balaban J connectivity index is 1.99. The van der Waals surface area contributed by atoms with Crippen LogP contribution in [0, 0.1) is 0 Å². The Kier molecular flexibility index (Phi) is 4.76. The van der Waals surface area contributed by atoms with Crippen LogP contribution in [0.5, 0.6) is 5.75 Å². The molecule has 1 unspecified atom stereocenters. The molecular formula is C15H17NO3S. The van der Waals surface area contributed by atoms with Gasteiger partial charge in [-0.3, -0.25) is 4.79 Å². The van der Waals surface area contributed by atoms with Crippen molar-refractivity contribution in [2.45, 2.75) is 6.10 Å². The van der Waals surface area contributed by atoms with Crippen molar-refractivity contribution < 1.29 is 14.6 Å². The van der Waals surface area contributed by atoms with E-state index in [1.54, 1.807) is 44.5 Å². The van der Waals surface area contributed by atoms with Crippen LogP contribution in [-0.4, -0.2) is 36.6 Å². The molecule has 0 saturated carbocycles. The Bertz CT molecular complexity index is 551. The number of methoxy groups -OCH3 is 1. The van der Waals surface area contributed by atoms with Crippen LogP contribution in [0.4, 0.5) is 0 Å². The molecule has 0 spiro atoms. The maximum atomic E-state index is 12.1. The molecule has 106 valence electrons. The zero-order valence-corrected chi connectivity index (χ0v) is 12.3. The van der Waals surface area contributed by atoms with Gasteiger partial charge in [0.05, 0.1) is 24.6 Å². The molecule has 1 amide bonds. The molecule has 5 heteroatoms.